The number of piperazine rings is 1. The number of pyridine rings is 1. The number of aryl methyl sites for hydroxylation is 1. The standard InChI is InChI=1S/C19H23N5/c1-2-24-17-9-4-3-7-15(17)22-19(24)18(16-8-5-6-10-21-16)23-13-11-20-12-14-23/h3-10,18,20H,2,11-14H2,1H3. The van der Waals surface area contributed by atoms with Gasteiger partial charge in [0, 0.05) is 38.9 Å². The van der Waals surface area contributed by atoms with Crippen molar-refractivity contribution in [3.05, 3.63) is 60.2 Å². The minimum Gasteiger partial charge on any atom is -0.327 e. The highest BCUT2D eigenvalue weighted by Gasteiger charge is 2.29. The summed E-state index contributed by atoms with van der Waals surface area (Å²) in [5, 5.41) is 3.44. The maximum Gasteiger partial charge on any atom is 0.133 e. The van der Waals surface area contributed by atoms with Gasteiger partial charge in [-0.15, -0.1) is 0 Å². The van der Waals surface area contributed by atoms with Crippen LogP contribution in [0.15, 0.2) is 48.7 Å². The summed E-state index contributed by atoms with van der Waals surface area (Å²) in [7, 11) is 0. The predicted octanol–water partition coefficient (Wildman–Crippen LogP) is 2.45. The molecule has 24 heavy (non-hydrogen) atoms. The van der Waals surface area contributed by atoms with E-state index < -0.39 is 0 Å². The van der Waals surface area contributed by atoms with Gasteiger partial charge in [-0.1, -0.05) is 18.2 Å². The van der Waals surface area contributed by atoms with Gasteiger partial charge in [0.25, 0.3) is 0 Å². The van der Waals surface area contributed by atoms with Crippen LogP contribution in [0.3, 0.4) is 0 Å². The van der Waals surface area contributed by atoms with E-state index in [1.165, 1.54) is 5.52 Å². The zero-order valence-corrected chi connectivity index (χ0v) is 14.0. The van der Waals surface area contributed by atoms with E-state index in [1.54, 1.807) is 0 Å². The fourth-order valence-electron chi connectivity index (χ4n) is 3.60. The molecule has 1 fully saturated rings. The van der Waals surface area contributed by atoms with E-state index in [1.807, 2.05) is 12.3 Å². The predicted molar refractivity (Wildman–Crippen MR) is 95.9 cm³/mol. The summed E-state index contributed by atoms with van der Waals surface area (Å²) in [4.78, 5) is 12.1. The van der Waals surface area contributed by atoms with Crippen molar-refractivity contribution < 1.29 is 0 Å². The number of benzene rings is 1. The molecule has 4 rings (SSSR count). The monoisotopic (exact) mass is 321 g/mol. The molecular formula is C19H23N5. The SMILES string of the molecule is CCn1c(C(c2ccccn2)N2CCNCC2)nc2ccccc21. The summed E-state index contributed by atoms with van der Waals surface area (Å²) in [6.07, 6.45) is 1.88. The van der Waals surface area contributed by atoms with Crippen LogP contribution in [-0.2, 0) is 6.54 Å². The summed E-state index contributed by atoms with van der Waals surface area (Å²) in [6, 6.07) is 14.6. The van der Waals surface area contributed by atoms with E-state index in [2.05, 4.69) is 63.1 Å². The zero-order chi connectivity index (χ0) is 16.4. The quantitative estimate of drug-likeness (QED) is 0.802. The first-order valence-corrected chi connectivity index (χ1v) is 8.69. The van der Waals surface area contributed by atoms with Crippen LogP contribution in [0.1, 0.15) is 24.5 Å². The summed E-state index contributed by atoms with van der Waals surface area (Å²) in [5.74, 6) is 1.10. The second-order valence-electron chi connectivity index (χ2n) is 6.15. The number of aromatic nitrogens is 3. The molecule has 5 nitrogen and oxygen atoms in total. The number of rotatable bonds is 4. The molecule has 124 valence electrons. The van der Waals surface area contributed by atoms with Gasteiger partial charge in [-0.3, -0.25) is 9.88 Å². The number of imidazole rings is 1. The second kappa shape index (κ2) is 6.71. The number of fused-ring (bicyclic) bond motifs is 1. The number of nitrogens with one attached hydrogen (secondary N) is 1. The molecule has 1 atom stereocenters. The first-order valence-electron chi connectivity index (χ1n) is 8.69. The van der Waals surface area contributed by atoms with Gasteiger partial charge in [0.2, 0.25) is 0 Å². The van der Waals surface area contributed by atoms with E-state index in [4.69, 9.17) is 4.98 Å². The Morgan fingerprint density at radius 2 is 1.88 bits per heavy atom. The molecule has 3 heterocycles. The Labute approximate surface area is 142 Å². The topological polar surface area (TPSA) is 46.0 Å². The van der Waals surface area contributed by atoms with Crippen molar-refractivity contribution in [3.63, 3.8) is 0 Å². The fraction of sp³-hybridized carbons (Fsp3) is 0.368. The molecule has 1 saturated heterocycles. The largest absolute Gasteiger partial charge is 0.327 e. The highest BCUT2D eigenvalue weighted by Crippen LogP contribution is 2.29. The van der Waals surface area contributed by atoms with Gasteiger partial charge in [-0.25, -0.2) is 4.98 Å². The van der Waals surface area contributed by atoms with Crippen molar-refractivity contribution in [3.8, 4) is 0 Å². The maximum absolute atomic E-state index is 5.00. The fourth-order valence-corrected chi connectivity index (χ4v) is 3.60. The van der Waals surface area contributed by atoms with Crippen LogP contribution in [-0.4, -0.2) is 45.6 Å². The Kier molecular flexibility index (Phi) is 4.28. The lowest BCUT2D eigenvalue weighted by atomic mass is 10.1. The molecule has 3 aromatic rings. The molecule has 2 aromatic heterocycles. The maximum atomic E-state index is 5.00. The van der Waals surface area contributed by atoms with Crippen LogP contribution in [0.2, 0.25) is 0 Å². The van der Waals surface area contributed by atoms with Crippen molar-refractivity contribution in [1.29, 1.82) is 0 Å². The van der Waals surface area contributed by atoms with Gasteiger partial charge in [0.05, 0.1) is 16.7 Å². The average molecular weight is 321 g/mol. The highest BCUT2D eigenvalue weighted by molar-refractivity contribution is 5.76. The Hall–Kier alpha value is -2.24. The molecule has 0 bridgehead atoms. The zero-order valence-electron chi connectivity index (χ0n) is 14.0. The first kappa shape index (κ1) is 15.3. The Bertz CT molecular complexity index is 805. The van der Waals surface area contributed by atoms with Gasteiger partial charge < -0.3 is 9.88 Å². The van der Waals surface area contributed by atoms with E-state index in [0.717, 1.165) is 49.8 Å². The first-order chi connectivity index (χ1) is 11.9. The minimum atomic E-state index is 0.0978. The summed E-state index contributed by atoms with van der Waals surface area (Å²) in [6.45, 7) is 7.13. The van der Waals surface area contributed by atoms with Gasteiger partial charge >= 0.3 is 0 Å². The number of nitrogens with zero attached hydrogens (tertiary/aromatic N) is 4. The molecule has 0 amide bonds. The molecule has 1 aromatic carbocycles. The van der Waals surface area contributed by atoms with Crippen molar-refractivity contribution in [2.45, 2.75) is 19.5 Å². The van der Waals surface area contributed by atoms with Crippen LogP contribution in [0, 0.1) is 0 Å². The average Bonchev–Trinajstić information content (AvgIpc) is 3.02. The lowest BCUT2D eigenvalue weighted by molar-refractivity contribution is 0.187. The van der Waals surface area contributed by atoms with E-state index in [0.29, 0.717) is 0 Å². The third-order valence-electron chi connectivity index (χ3n) is 4.73. The summed E-state index contributed by atoms with van der Waals surface area (Å²) in [5.41, 5.74) is 3.33. The van der Waals surface area contributed by atoms with E-state index >= 15 is 0 Å². The normalized spacial score (nSPS) is 17.2. The van der Waals surface area contributed by atoms with Gasteiger partial charge in [-0.2, -0.15) is 0 Å². The molecular weight excluding hydrogens is 298 g/mol. The molecule has 0 aliphatic carbocycles. The van der Waals surface area contributed by atoms with Crippen molar-refractivity contribution in [2.75, 3.05) is 26.2 Å². The molecule has 1 N–H and O–H groups in total. The molecule has 0 radical (unpaired) electrons. The van der Waals surface area contributed by atoms with Crippen molar-refractivity contribution in [1.82, 2.24) is 24.8 Å². The summed E-state index contributed by atoms with van der Waals surface area (Å²) >= 11 is 0. The Balaban J connectivity index is 1.87. The van der Waals surface area contributed by atoms with Crippen LogP contribution in [0.25, 0.3) is 11.0 Å². The molecule has 1 aliphatic rings. The van der Waals surface area contributed by atoms with E-state index in [-0.39, 0.29) is 6.04 Å². The minimum absolute atomic E-state index is 0.0978. The number of hydrogen-bond acceptors (Lipinski definition) is 4. The van der Waals surface area contributed by atoms with Gasteiger partial charge in [0.15, 0.2) is 0 Å². The van der Waals surface area contributed by atoms with Gasteiger partial charge in [-0.05, 0) is 31.2 Å². The van der Waals surface area contributed by atoms with Gasteiger partial charge in [0.1, 0.15) is 11.9 Å². The molecule has 1 aliphatic heterocycles. The molecule has 5 heteroatoms. The molecule has 1 unspecified atom stereocenters. The van der Waals surface area contributed by atoms with E-state index in [9.17, 15) is 0 Å². The smallest absolute Gasteiger partial charge is 0.133 e. The Morgan fingerprint density at radius 1 is 1.08 bits per heavy atom. The van der Waals surface area contributed by atoms with Crippen LogP contribution >= 0.6 is 0 Å². The lowest BCUT2D eigenvalue weighted by Crippen LogP contribution is -2.46. The third-order valence-corrected chi connectivity index (χ3v) is 4.73. The van der Waals surface area contributed by atoms with Crippen molar-refractivity contribution >= 4 is 11.0 Å². The second-order valence-corrected chi connectivity index (χ2v) is 6.15. The third kappa shape index (κ3) is 2.70. The molecule has 0 saturated carbocycles. The van der Waals surface area contributed by atoms with Crippen LogP contribution < -0.4 is 5.32 Å². The lowest BCUT2D eigenvalue weighted by Gasteiger charge is -2.34. The van der Waals surface area contributed by atoms with Crippen LogP contribution in [0.5, 0.6) is 0 Å². The summed E-state index contributed by atoms with van der Waals surface area (Å²) < 4.78 is 2.33. The highest BCUT2D eigenvalue weighted by atomic mass is 15.3. The van der Waals surface area contributed by atoms with Crippen molar-refractivity contribution in [2.24, 2.45) is 0 Å². The van der Waals surface area contributed by atoms with Crippen LogP contribution in [0.4, 0.5) is 0 Å². The number of hydrogen-bond donors (Lipinski definition) is 1. The molecule has 0 spiro atoms. The Morgan fingerprint density at radius 3 is 2.62 bits per heavy atom. The number of para-hydroxylation sites is 2.